The molecule has 3 fully saturated rings. The molecule has 0 aromatic carbocycles. The van der Waals surface area contributed by atoms with E-state index in [1.54, 1.807) is 0 Å². The van der Waals surface area contributed by atoms with E-state index < -0.39 is 29.6 Å². The van der Waals surface area contributed by atoms with Gasteiger partial charge in [-0.15, -0.1) is 0 Å². The Hall–Kier alpha value is -1.40. The van der Waals surface area contributed by atoms with Gasteiger partial charge < -0.3 is 19.4 Å². The van der Waals surface area contributed by atoms with Crippen LogP contribution in [0.25, 0.3) is 0 Å². The van der Waals surface area contributed by atoms with Crippen LogP contribution < -0.4 is 0 Å². The van der Waals surface area contributed by atoms with Gasteiger partial charge in [-0.1, -0.05) is 65.5 Å². The van der Waals surface area contributed by atoms with E-state index >= 15 is 0 Å². The van der Waals surface area contributed by atoms with Crippen molar-refractivity contribution in [2.45, 2.75) is 124 Å². The summed E-state index contributed by atoms with van der Waals surface area (Å²) in [5.41, 5.74) is 0.445. The Bertz CT molecular complexity index is 1030. The second-order valence-electron chi connectivity index (χ2n) is 17.0. The zero-order chi connectivity index (χ0) is 31.3. The van der Waals surface area contributed by atoms with Crippen LogP contribution in [0.2, 0.25) is 0 Å². The normalized spacial score (nSPS) is 38.5. The number of likely N-dealkylation sites (N-methyl/N-ethyl adjacent to an activating group) is 1. The van der Waals surface area contributed by atoms with Crippen molar-refractivity contribution in [3.05, 3.63) is 11.6 Å². The monoisotopic (exact) mass is 588 g/mol. The fraction of sp³-hybridized carbons (Fsp3) is 0.889. The van der Waals surface area contributed by atoms with Gasteiger partial charge in [-0.25, -0.2) is 0 Å². The highest BCUT2D eigenvalue weighted by atomic mass is 16.6. The van der Waals surface area contributed by atoms with Gasteiger partial charge in [-0.05, 0) is 91.3 Å². The van der Waals surface area contributed by atoms with Gasteiger partial charge in [-0.3, -0.25) is 9.59 Å². The van der Waals surface area contributed by atoms with Crippen LogP contribution in [0.3, 0.4) is 0 Å². The minimum absolute atomic E-state index is 0.0110. The number of rotatable bonds is 11. The predicted molar refractivity (Wildman–Crippen MR) is 168 cm³/mol. The maximum atomic E-state index is 12.7. The molecule has 0 aromatic rings. The molecule has 0 spiro atoms. The molecule has 0 bridgehead atoms. The van der Waals surface area contributed by atoms with Crippen LogP contribution in [-0.2, 0) is 14.3 Å². The molecule has 0 radical (unpaired) electrons. The lowest BCUT2D eigenvalue weighted by molar-refractivity contribution is -0.874. The van der Waals surface area contributed by atoms with Crippen molar-refractivity contribution in [1.29, 1.82) is 0 Å². The molecule has 4 aliphatic carbocycles. The summed E-state index contributed by atoms with van der Waals surface area (Å²) in [7, 11) is 5.83. The second-order valence-corrected chi connectivity index (χ2v) is 17.0. The number of ether oxygens (including phenoxy) is 1. The minimum Gasteiger partial charge on any atom is -0.481 e. The molecule has 0 amide bonds. The standard InChI is InChI=1S/C36H61NO5/c1-23(2)11-10-12-24(3)28-15-16-29-27-14-13-26-21-36(42-25(4)38,32(33(40)41)31(39)22-37(7,8)9)20-19-34(26,5)30(27)17-18-35(28,29)6/h13,23-24,27-32,39H,10-12,14-22H2,1-9H3/p+1/t24-,27+,28-,29+,30+,31?,32?,34+,35-,36?/m1/s1. The van der Waals surface area contributed by atoms with E-state index in [-0.39, 0.29) is 12.0 Å². The zero-order valence-electron chi connectivity index (χ0n) is 28.2. The van der Waals surface area contributed by atoms with Gasteiger partial charge in [0.25, 0.3) is 0 Å². The average molecular weight is 589 g/mol. The first kappa shape index (κ1) is 33.5. The number of aliphatic hydroxyl groups is 1. The summed E-state index contributed by atoms with van der Waals surface area (Å²) in [5.74, 6) is 1.68. The Morgan fingerprint density at radius 2 is 1.71 bits per heavy atom. The molecule has 0 aromatic heterocycles. The lowest BCUT2D eigenvalue weighted by Crippen LogP contribution is -2.59. The molecule has 0 saturated heterocycles. The van der Waals surface area contributed by atoms with Crippen LogP contribution in [0, 0.1) is 52.3 Å². The largest absolute Gasteiger partial charge is 0.481 e. The molecule has 4 aliphatic rings. The Morgan fingerprint density at radius 3 is 2.31 bits per heavy atom. The number of carbonyl (C=O) groups is 2. The number of carboxylic acid groups (broad SMARTS) is 1. The summed E-state index contributed by atoms with van der Waals surface area (Å²) < 4.78 is 6.45. The third-order valence-electron chi connectivity index (χ3n) is 12.7. The van der Waals surface area contributed by atoms with E-state index in [0.29, 0.717) is 34.6 Å². The highest BCUT2D eigenvalue weighted by molar-refractivity contribution is 5.74. The molecule has 10 atom stereocenters. The van der Waals surface area contributed by atoms with Crippen molar-refractivity contribution in [3.8, 4) is 0 Å². The topological polar surface area (TPSA) is 83.8 Å². The molecular formula is C36H62NO5+. The highest BCUT2D eigenvalue weighted by Crippen LogP contribution is 2.68. The van der Waals surface area contributed by atoms with E-state index in [0.717, 1.165) is 36.5 Å². The van der Waals surface area contributed by atoms with Crippen LogP contribution in [0.5, 0.6) is 0 Å². The fourth-order valence-corrected chi connectivity index (χ4v) is 10.8. The molecular weight excluding hydrogens is 526 g/mol. The minimum atomic E-state index is -1.22. The number of quaternary nitrogens is 1. The molecule has 240 valence electrons. The van der Waals surface area contributed by atoms with E-state index in [2.05, 4.69) is 40.7 Å². The summed E-state index contributed by atoms with van der Waals surface area (Å²) in [6.07, 6.45) is 13.3. The lowest BCUT2D eigenvalue weighted by Gasteiger charge is -2.60. The number of carbonyl (C=O) groups excluding carboxylic acids is 1. The van der Waals surface area contributed by atoms with Crippen molar-refractivity contribution in [2.24, 2.45) is 52.3 Å². The summed E-state index contributed by atoms with van der Waals surface area (Å²) in [4.78, 5) is 25.2. The predicted octanol–water partition coefficient (Wildman–Crippen LogP) is 7.10. The van der Waals surface area contributed by atoms with E-state index in [1.807, 2.05) is 21.1 Å². The van der Waals surface area contributed by atoms with Gasteiger partial charge in [0.05, 0.1) is 21.1 Å². The molecule has 3 unspecified atom stereocenters. The van der Waals surface area contributed by atoms with Crippen LogP contribution in [-0.4, -0.2) is 66.0 Å². The third kappa shape index (κ3) is 6.36. The molecule has 3 saturated carbocycles. The Morgan fingerprint density at radius 1 is 1.02 bits per heavy atom. The van der Waals surface area contributed by atoms with Crippen molar-refractivity contribution in [3.63, 3.8) is 0 Å². The van der Waals surface area contributed by atoms with Gasteiger partial charge in [0.1, 0.15) is 24.2 Å². The van der Waals surface area contributed by atoms with Crippen LogP contribution >= 0.6 is 0 Å². The van der Waals surface area contributed by atoms with Gasteiger partial charge >= 0.3 is 11.9 Å². The van der Waals surface area contributed by atoms with E-state index in [9.17, 15) is 19.8 Å². The number of aliphatic hydroxyl groups excluding tert-OH is 1. The van der Waals surface area contributed by atoms with Crippen molar-refractivity contribution in [1.82, 2.24) is 0 Å². The SMILES string of the molecule is CC(=O)OC1(C(C(=O)O)C(O)C[N+](C)(C)C)CC[C@@]2(C)C(=CC[C@H]3[C@@H]4CC[C@H]([C@H](C)CCCC(C)C)[C@@]4(C)CC[C@@H]32)C1. The first-order valence-corrected chi connectivity index (χ1v) is 17.0. The molecule has 0 aliphatic heterocycles. The average Bonchev–Trinajstić information content (AvgIpc) is 3.20. The summed E-state index contributed by atoms with van der Waals surface area (Å²) in [6.45, 7) is 13.9. The zero-order valence-corrected chi connectivity index (χ0v) is 28.2. The molecule has 6 nitrogen and oxygen atoms in total. The number of hydrogen-bond donors (Lipinski definition) is 2. The molecule has 42 heavy (non-hydrogen) atoms. The number of hydrogen-bond acceptors (Lipinski definition) is 4. The van der Waals surface area contributed by atoms with Gasteiger partial charge in [0.15, 0.2) is 0 Å². The lowest BCUT2D eigenvalue weighted by atomic mass is 9.45. The number of carboxylic acids is 1. The second kappa shape index (κ2) is 12.2. The molecule has 6 heteroatoms. The van der Waals surface area contributed by atoms with Gasteiger partial charge in [0, 0.05) is 13.3 Å². The molecule has 0 heterocycles. The number of fused-ring (bicyclic) bond motifs is 5. The Balaban J connectivity index is 1.58. The van der Waals surface area contributed by atoms with E-state index in [1.165, 1.54) is 57.4 Å². The van der Waals surface area contributed by atoms with Crippen LogP contribution in [0.1, 0.15) is 112 Å². The quantitative estimate of drug-likeness (QED) is 0.153. The number of aliphatic carboxylic acids is 1. The number of allylic oxidation sites excluding steroid dienone is 1. The number of esters is 1. The first-order chi connectivity index (χ1) is 19.4. The van der Waals surface area contributed by atoms with Crippen LogP contribution in [0.4, 0.5) is 0 Å². The van der Waals surface area contributed by atoms with Gasteiger partial charge in [0.2, 0.25) is 0 Å². The third-order valence-corrected chi connectivity index (χ3v) is 12.7. The first-order valence-electron chi connectivity index (χ1n) is 17.0. The number of nitrogens with zero attached hydrogens (tertiary/aromatic N) is 1. The maximum absolute atomic E-state index is 12.7. The maximum Gasteiger partial charge on any atom is 0.313 e. The summed E-state index contributed by atoms with van der Waals surface area (Å²) in [5, 5.41) is 21.7. The Labute approximate surface area is 256 Å². The molecule has 2 N–H and O–H groups in total. The smallest absolute Gasteiger partial charge is 0.313 e. The fourth-order valence-electron chi connectivity index (χ4n) is 10.8. The summed E-state index contributed by atoms with van der Waals surface area (Å²) >= 11 is 0. The van der Waals surface area contributed by atoms with Crippen molar-refractivity contribution >= 4 is 11.9 Å². The van der Waals surface area contributed by atoms with Crippen LogP contribution in [0.15, 0.2) is 11.6 Å². The highest BCUT2D eigenvalue weighted by Gasteiger charge is 2.62. The Kier molecular flexibility index (Phi) is 9.71. The van der Waals surface area contributed by atoms with Crippen molar-refractivity contribution in [2.75, 3.05) is 27.7 Å². The van der Waals surface area contributed by atoms with Gasteiger partial charge in [-0.2, -0.15) is 0 Å². The van der Waals surface area contributed by atoms with Crippen molar-refractivity contribution < 1.29 is 29.0 Å². The summed E-state index contributed by atoms with van der Waals surface area (Å²) in [6, 6.07) is 0. The molecule has 4 rings (SSSR count). The van der Waals surface area contributed by atoms with E-state index in [4.69, 9.17) is 4.74 Å².